The highest BCUT2D eigenvalue weighted by atomic mass is 16.5. The van der Waals surface area contributed by atoms with E-state index in [1.165, 1.54) is 6.39 Å². The fraction of sp³-hybridized carbons (Fsp3) is 0.357. The highest BCUT2D eigenvalue weighted by Crippen LogP contribution is 2.26. The van der Waals surface area contributed by atoms with E-state index in [4.69, 9.17) is 9.15 Å². The zero-order valence-electron chi connectivity index (χ0n) is 10.8. The number of nitrogens with zero attached hydrogens (tertiary/aromatic N) is 1. The van der Waals surface area contributed by atoms with Gasteiger partial charge in [0.2, 0.25) is 0 Å². The van der Waals surface area contributed by atoms with Crippen LogP contribution < -0.4 is 10.1 Å². The quantitative estimate of drug-likeness (QED) is 0.851. The van der Waals surface area contributed by atoms with Gasteiger partial charge in [0.1, 0.15) is 11.4 Å². The molecular weight excluding hydrogens is 228 g/mol. The van der Waals surface area contributed by atoms with Gasteiger partial charge in [0.25, 0.3) is 0 Å². The minimum Gasteiger partial charge on any atom is -0.494 e. The normalized spacial score (nSPS) is 10.6. The summed E-state index contributed by atoms with van der Waals surface area (Å²) < 4.78 is 11.1. The molecule has 0 atom stereocenters. The summed E-state index contributed by atoms with van der Waals surface area (Å²) in [4.78, 5) is 4.20. The number of nitrogens with one attached hydrogen (secondary N) is 1. The van der Waals surface area contributed by atoms with Gasteiger partial charge < -0.3 is 14.5 Å². The molecule has 96 valence electrons. The van der Waals surface area contributed by atoms with E-state index < -0.39 is 0 Å². The second kappa shape index (κ2) is 6.21. The van der Waals surface area contributed by atoms with Gasteiger partial charge in [0.05, 0.1) is 6.61 Å². The molecule has 0 aliphatic rings. The van der Waals surface area contributed by atoms with Gasteiger partial charge in [-0.25, -0.2) is 4.98 Å². The van der Waals surface area contributed by atoms with Crippen molar-refractivity contribution in [1.29, 1.82) is 0 Å². The lowest BCUT2D eigenvalue weighted by atomic mass is 10.1. The summed E-state index contributed by atoms with van der Waals surface area (Å²) in [5.74, 6) is 1.66. The molecule has 1 heterocycles. The van der Waals surface area contributed by atoms with Crippen molar-refractivity contribution in [3.05, 3.63) is 36.4 Å². The number of ether oxygens (including phenoxy) is 1. The molecule has 0 fully saturated rings. The van der Waals surface area contributed by atoms with Crippen molar-refractivity contribution in [2.24, 2.45) is 0 Å². The Balaban J connectivity index is 2.24. The van der Waals surface area contributed by atoms with Gasteiger partial charge in [-0.2, -0.15) is 0 Å². The van der Waals surface area contributed by atoms with Gasteiger partial charge in [-0.3, -0.25) is 0 Å². The van der Waals surface area contributed by atoms with Crippen molar-refractivity contribution in [3.63, 3.8) is 0 Å². The zero-order valence-corrected chi connectivity index (χ0v) is 10.8. The first kappa shape index (κ1) is 12.6. The Morgan fingerprint density at radius 1 is 1.39 bits per heavy atom. The van der Waals surface area contributed by atoms with Crippen molar-refractivity contribution in [2.75, 3.05) is 13.7 Å². The van der Waals surface area contributed by atoms with Crippen LogP contribution in [0.5, 0.6) is 5.75 Å². The zero-order chi connectivity index (χ0) is 12.8. The van der Waals surface area contributed by atoms with E-state index in [1.807, 2.05) is 31.3 Å². The summed E-state index contributed by atoms with van der Waals surface area (Å²) in [6, 6.07) is 7.90. The molecule has 18 heavy (non-hydrogen) atoms. The maximum atomic E-state index is 5.62. The third-order valence-corrected chi connectivity index (χ3v) is 2.55. The average Bonchev–Trinajstić information content (AvgIpc) is 2.85. The Kier molecular flexibility index (Phi) is 4.36. The molecule has 4 heteroatoms. The van der Waals surface area contributed by atoms with E-state index in [1.54, 1.807) is 0 Å². The van der Waals surface area contributed by atoms with Gasteiger partial charge in [0.15, 0.2) is 12.2 Å². The lowest BCUT2D eigenvalue weighted by Crippen LogP contribution is -2.06. The van der Waals surface area contributed by atoms with Crippen LogP contribution in [0.4, 0.5) is 0 Å². The molecule has 0 aliphatic carbocycles. The van der Waals surface area contributed by atoms with Crippen molar-refractivity contribution in [3.8, 4) is 17.1 Å². The molecule has 2 rings (SSSR count). The van der Waals surface area contributed by atoms with E-state index in [0.717, 1.165) is 35.8 Å². The van der Waals surface area contributed by atoms with Gasteiger partial charge >= 0.3 is 0 Å². The first-order valence-electron chi connectivity index (χ1n) is 6.15. The smallest absolute Gasteiger partial charge is 0.181 e. The van der Waals surface area contributed by atoms with E-state index in [9.17, 15) is 0 Å². The van der Waals surface area contributed by atoms with Crippen LogP contribution in [-0.4, -0.2) is 18.6 Å². The Morgan fingerprint density at radius 3 is 3.06 bits per heavy atom. The Morgan fingerprint density at radius 2 is 2.28 bits per heavy atom. The lowest BCUT2D eigenvalue weighted by molar-refractivity contribution is 0.317. The number of benzene rings is 1. The van der Waals surface area contributed by atoms with Crippen LogP contribution >= 0.6 is 0 Å². The van der Waals surface area contributed by atoms with Crippen molar-refractivity contribution < 1.29 is 9.15 Å². The molecule has 1 aromatic heterocycles. The second-order valence-corrected chi connectivity index (χ2v) is 4.03. The summed E-state index contributed by atoms with van der Waals surface area (Å²) in [6.45, 7) is 3.50. The molecule has 4 nitrogen and oxygen atoms in total. The Hall–Kier alpha value is -1.81. The topological polar surface area (TPSA) is 47.3 Å². The third-order valence-electron chi connectivity index (χ3n) is 2.55. The molecule has 0 unspecified atom stereocenters. The van der Waals surface area contributed by atoms with Gasteiger partial charge in [-0.1, -0.05) is 19.1 Å². The van der Waals surface area contributed by atoms with Crippen LogP contribution in [0.1, 0.15) is 19.0 Å². The second-order valence-electron chi connectivity index (χ2n) is 4.03. The summed E-state index contributed by atoms with van der Waals surface area (Å²) in [7, 11) is 1.89. The van der Waals surface area contributed by atoms with E-state index in [0.29, 0.717) is 6.54 Å². The number of hydrogen-bond acceptors (Lipinski definition) is 4. The summed E-state index contributed by atoms with van der Waals surface area (Å²) >= 11 is 0. The predicted molar refractivity (Wildman–Crippen MR) is 70.5 cm³/mol. The predicted octanol–water partition coefficient (Wildman–Crippen LogP) is 2.85. The molecule has 1 aromatic carbocycles. The molecule has 1 N–H and O–H groups in total. The highest BCUT2D eigenvalue weighted by molar-refractivity contribution is 5.61. The maximum Gasteiger partial charge on any atom is 0.181 e. The Bertz CT molecular complexity index is 494. The fourth-order valence-corrected chi connectivity index (χ4v) is 1.74. The SMILES string of the molecule is CCCOc1cccc(-c2ocnc2CNC)c1. The minimum absolute atomic E-state index is 0.686. The largest absolute Gasteiger partial charge is 0.494 e. The van der Waals surface area contributed by atoms with Gasteiger partial charge in [-0.05, 0) is 25.6 Å². The molecule has 0 bridgehead atoms. The molecule has 0 spiro atoms. The number of hydrogen-bond donors (Lipinski definition) is 1. The van der Waals surface area contributed by atoms with Crippen LogP contribution in [0, 0.1) is 0 Å². The first-order valence-corrected chi connectivity index (χ1v) is 6.15. The summed E-state index contributed by atoms with van der Waals surface area (Å²) in [5, 5.41) is 3.08. The van der Waals surface area contributed by atoms with E-state index in [2.05, 4.69) is 17.2 Å². The van der Waals surface area contributed by atoms with Crippen LogP contribution in [-0.2, 0) is 6.54 Å². The maximum absolute atomic E-state index is 5.62. The fourth-order valence-electron chi connectivity index (χ4n) is 1.74. The molecule has 0 saturated heterocycles. The van der Waals surface area contributed by atoms with Crippen molar-refractivity contribution >= 4 is 0 Å². The van der Waals surface area contributed by atoms with Crippen LogP contribution in [0.3, 0.4) is 0 Å². The van der Waals surface area contributed by atoms with E-state index in [-0.39, 0.29) is 0 Å². The van der Waals surface area contributed by atoms with Crippen LogP contribution in [0.25, 0.3) is 11.3 Å². The molecule has 0 aliphatic heterocycles. The van der Waals surface area contributed by atoms with Crippen molar-refractivity contribution in [2.45, 2.75) is 19.9 Å². The minimum atomic E-state index is 0.686. The molecule has 0 saturated carbocycles. The molecule has 0 amide bonds. The number of aromatic nitrogens is 1. The van der Waals surface area contributed by atoms with Crippen LogP contribution in [0.15, 0.2) is 35.1 Å². The average molecular weight is 246 g/mol. The third kappa shape index (κ3) is 2.90. The van der Waals surface area contributed by atoms with Gasteiger partial charge in [-0.15, -0.1) is 0 Å². The van der Waals surface area contributed by atoms with Crippen molar-refractivity contribution in [1.82, 2.24) is 10.3 Å². The number of oxazole rings is 1. The Labute approximate surface area is 107 Å². The summed E-state index contributed by atoms with van der Waals surface area (Å²) in [6.07, 6.45) is 2.47. The van der Waals surface area contributed by atoms with E-state index >= 15 is 0 Å². The highest BCUT2D eigenvalue weighted by Gasteiger charge is 2.10. The summed E-state index contributed by atoms with van der Waals surface area (Å²) in [5.41, 5.74) is 1.90. The lowest BCUT2D eigenvalue weighted by Gasteiger charge is -2.06. The monoisotopic (exact) mass is 246 g/mol. The first-order chi connectivity index (χ1) is 8.85. The standard InChI is InChI=1S/C14H18N2O2/c1-3-7-17-12-6-4-5-11(8-12)14-13(9-15-2)16-10-18-14/h4-6,8,10,15H,3,7,9H2,1-2H3. The number of rotatable bonds is 6. The molecular formula is C14H18N2O2. The molecule has 0 radical (unpaired) electrons. The van der Waals surface area contributed by atoms with Gasteiger partial charge in [0, 0.05) is 12.1 Å². The molecule has 2 aromatic rings. The van der Waals surface area contributed by atoms with Crippen LogP contribution in [0.2, 0.25) is 0 Å².